The molecule has 2 aromatic rings. The van der Waals surface area contributed by atoms with E-state index in [-0.39, 0.29) is 28.1 Å². The summed E-state index contributed by atoms with van der Waals surface area (Å²) in [5, 5.41) is 2.73. The number of aromatic nitrogens is 1. The summed E-state index contributed by atoms with van der Waals surface area (Å²) in [5.41, 5.74) is 0.380. The lowest BCUT2D eigenvalue weighted by Gasteiger charge is -2.20. The van der Waals surface area contributed by atoms with Gasteiger partial charge in [0, 0.05) is 19.2 Å². The van der Waals surface area contributed by atoms with Crippen molar-refractivity contribution in [1.82, 2.24) is 4.98 Å². The summed E-state index contributed by atoms with van der Waals surface area (Å²) in [6, 6.07) is 6.67. The molecule has 0 saturated heterocycles. The lowest BCUT2D eigenvalue weighted by molar-refractivity contribution is -0.115. The van der Waals surface area contributed by atoms with Crippen LogP contribution in [0.25, 0.3) is 0 Å². The third-order valence-corrected chi connectivity index (χ3v) is 2.85. The van der Waals surface area contributed by atoms with Crippen molar-refractivity contribution in [2.45, 2.75) is 6.92 Å². The molecule has 1 aromatic carbocycles. The Balaban J connectivity index is 2.52. The Labute approximate surface area is 119 Å². The van der Waals surface area contributed by atoms with Gasteiger partial charge < -0.3 is 0 Å². The highest BCUT2D eigenvalue weighted by molar-refractivity contribution is 6.30. The van der Waals surface area contributed by atoms with Crippen LogP contribution >= 0.6 is 11.6 Å². The Morgan fingerprint density at radius 1 is 1.35 bits per heavy atom. The van der Waals surface area contributed by atoms with Crippen LogP contribution in [0, 0.1) is 10.7 Å². The van der Waals surface area contributed by atoms with Gasteiger partial charge in [0.1, 0.15) is 17.3 Å². The first-order chi connectivity index (χ1) is 9.52. The molecule has 0 unspecified atom stereocenters. The van der Waals surface area contributed by atoms with Crippen LogP contribution in [0.4, 0.5) is 21.6 Å². The maximum atomic E-state index is 13.5. The predicted molar refractivity (Wildman–Crippen MR) is 73.9 cm³/mol. The predicted octanol–water partition coefficient (Wildman–Crippen LogP) is 3.96. The van der Waals surface area contributed by atoms with E-state index >= 15 is 0 Å². The standard InChI is InChI=1S/C13H9ClFN3O2/c1-8(19)18(10-2-3-11(14)12(15)7-10)13-6-9(17-20)4-5-16-13/h2-7H,1H3. The minimum atomic E-state index is -0.653. The van der Waals surface area contributed by atoms with E-state index in [1.54, 1.807) is 0 Å². The maximum Gasteiger partial charge on any atom is 0.229 e. The Bertz CT molecular complexity index is 678. The van der Waals surface area contributed by atoms with Crippen molar-refractivity contribution in [3.05, 3.63) is 52.3 Å². The molecule has 5 nitrogen and oxygen atoms in total. The maximum absolute atomic E-state index is 13.5. The highest BCUT2D eigenvalue weighted by Gasteiger charge is 2.17. The zero-order valence-corrected chi connectivity index (χ0v) is 11.1. The molecule has 0 saturated carbocycles. The van der Waals surface area contributed by atoms with E-state index < -0.39 is 5.82 Å². The van der Waals surface area contributed by atoms with Gasteiger partial charge >= 0.3 is 0 Å². The van der Waals surface area contributed by atoms with Gasteiger partial charge in [-0.25, -0.2) is 9.37 Å². The molecule has 0 atom stereocenters. The van der Waals surface area contributed by atoms with Crippen LogP contribution in [0.3, 0.4) is 0 Å². The van der Waals surface area contributed by atoms with Crippen molar-refractivity contribution < 1.29 is 9.18 Å². The lowest BCUT2D eigenvalue weighted by Crippen LogP contribution is -2.23. The van der Waals surface area contributed by atoms with Gasteiger partial charge in [-0.2, -0.15) is 0 Å². The first kappa shape index (κ1) is 14.1. The average molecular weight is 294 g/mol. The third kappa shape index (κ3) is 2.80. The summed E-state index contributed by atoms with van der Waals surface area (Å²) in [6.07, 6.45) is 1.34. The first-order valence-electron chi connectivity index (χ1n) is 5.58. The Hall–Kier alpha value is -2.34. The molecule has 7 heteroatoms. The van der Waals surface area contributed by atoms with Crippen LogP contribution in [0.2, 0.25) is 5.02 Å². The van der Waals surface area contributed by atoms with Crippen molar-refractivity contribution in [3.8, 4) is 0 Å². The van der Waals surface area contributed by atoms with Crippen LogP contribution < -0.4 is 4.90 Å². The fourth-order valence-electron chi connectivity index (χ4n) is 1.69. The number of benzene rings is 1. The second kappa shape index (κ2) is 5.75. The minimum absolute atomic E-state index is 0.0477. The number of anilines is 2. The quantitative estimate of drug-likeness (QED) is 0.805. The van der Waals surface area contributed by atoms with Gasteiger partial charge in [0.2, 0.25) is 5.91 Å². The zero-order chi connectivity index (χ0) is 14.7. The summed E-state index contributed by atoms with van der Waals surface area (Å²) < 4.78 is 13.5. The molecule has 0 fully saturated rings. The molecule has 0 aliphatic carbocycles. The molecule has 0 N–H and O–H groups in total. The third-order valence-electron chi connectivity index (χ3n) is 2.54. The summed E-state index contributed by atoms with van der Waals surface area (Å²) in [6.45, 7) is 1.30. The minimum Gasteiger partial charge on any atom is -0.274 e. The van der Waals surface area contributed by atoms with E-state index in [0.29, 0.717) is 0 Å². The van der Waals surface area contributed by atoms with Gasteiger partial charge in [0.25, 0.3) is 0 Å². The number of hydrogen-bond acceptors (Lipinski definition) is 4. The molecule has 0 aliphatic rings. The Morgan fingerprint density at radius 2 is 2.10 bits per heavy atom. The van der Waals surface area contributed by atoms with E-state index in [0.717, 1.165) is 11.0 Å². The molecule has 102 valence electrons. The highest BCUT2D eigenvalue weighted by Crippen LogP contribution is 2.29. The summed E-state index contributed by atoms with van der Waals surface area (Å²) >= 11 is 5.61. The van der Waals surface area contributed by atoms with E-state index in [2.05, 4.69) is 10.2 Å². The molecular weight excluding hydrogens is 285 g/mol. The summed E-state index contributed by atoms with van der Waals surface area (Å²) in [7, 11) is 0. The molecule has 0 radical (unpaired) electrons. The van der Waals surface area contributed by atoms with E-state index in [9.17, 15) is 14.1 Å². The fraction of sp³-hybridized carbons (Fsp3) is 0.0769. The van der Waals surface area contributed by atoms with Gasteiger partial charge in [-0.05, 0) is 29.4 Å². The Morgan fingerprint density at radius 3 is 2.70 bits per heavy atom. The number of nitrogens with zero attached hydrogens (tertiary/aromatic N) is 3. The molecule has 1 amide bonds. The van der Waals surface area contributed by atoms with Crippen molar-refractivity contribution in [2.24, 2.45) is 5.18 Å². The molecule has 2 rings (SSSR count). The number of halogens is 2. The number of hydrogen-bond donors (Lipinski definition) is 0. The second-order valence-corrected chi connectivity index (χ2v) is 4.32. The summed E-state index contributed by atoms with van der Waals surface area (Å²) in [4.78, 5) is 27.4. The van der Waals surface area contributed by atoms with Gasteiger partial charge in [-0.1, -0.05) is 11.6 Å². The van der Waals surface area contributed by atoms with Crippen molar-refractivity contribution in [3.63, 3.8) is 0 Å². The number of pyridine rings is 1. The lowest BCUT2D eigenvalue weighted by atomic mass is 10.2. The van der Waals surface area contributed by atoms with Crippen molar-refractivity contribution in [2.75, 3.05) is 4.90 Å². The number of rotatable bonds is 3. The van der Waals surface area contributed by atoms with Gasteiger partial charge in [-0.15, -0.1) is 4.91 Å². The fourth-order valence-corrected chi connectivity index (χ4v) is 1.80. The molecule has 0 spiro atoms. The smallest absolute Gasteiger partial charge is 0.229 e. The number of carbonyl (C=O) groups excluding carboxylic acids is 1. The first-order valence-corrected chi connectivity index (χ1v) is 5.96. The zero-order valence-electron chi connectivity index (χ0n) is 10.4. The summed E-state index contributed by atoms with van der Waals surface area (Å²) in [5.74, 6) is -0.862. The Kier molecular flexibility index (Phi) is 4.05. The number of amides is 1. The van der Waals surface area contributed by atoms with Gasteiger partial charge in [0.15, 0.2) is 0 Å². The largest absolute Gasteiger partial charge is 0.274 e. The van der Waals surface area contributed by atoms with E-state index in [1.807, 2.05) is 0 Å². The average Bonchev–Trinajstić information content (AvgIpc) is 2.43. The van der Waals surface area contributed by atoms with Crippen LogP contribution in [0.5, 0.6) is 0 Å². The van der Waals surface area contributed by atoms with Crippen LogP contribution in [0.1, 0.15) is 6.92 Å². The molecule has 1 heterocycles. The topological polar surface area (TPSA) is 62.6 Å². The normalized spacial score (nSPS) is 10.2. The SMILES string of the molecule is CC(=O)N(c1ccc(Cl)c(F)c1)c1cc(N=O)ccn1. The number of nitroso groups, excluding NO2 is 1. The highest BCUT2D eigenvalue weighted by atomic mass is 35.5. The van der Waals surface area contributed by atoms with E-state index in [4.69, 9.17) is 11.6 Å². The van der Waals surface area contributed by atoms with Gasteiger partial charge in [0.05, 0.1) is 10.7 Å². The molecule has 0 aliphatic heterocycles. The van der Waals surface area contributed by atoms with E-state index in [1.165, 1.54) is 37.4 Å². The molecular formula is C13H9ClFN3O2. The second-order valence-electron chi connectivity index (χ2n) is 3.92. The molecule has 0 bridgehead atoms. The van der Waals surface area contributed by atoms with Crippen molar-refractivity contribution >= 4 is 34.7 Å². The van der Waals surface area contributed by atoms with Crippen LogP contribution in [-0.2, 0) is 4.79 Å². The number of carbonyl (C=O) groups is 1. The molecule has 1 aromatic heterocycles. The molecule has 20 heavy (non-hydrogen) atoms. The van der Waals surface area contributed by atoms with Crippen LogP contribution in [-0.4, -0.2) is 10.9 Å². The van der Waals surface area contributed by atoms with Gasteiger partial charge in [-0.3, -0.25) is 9.69 Å². The van der Waals surface area contributed by atoms with Crippen molar-refractivity contribution in [1.29, 1.82) is 0 Å². The van der Waals surface area contributed by atoms with Crippen LogP contribution in [0.15, 0.2) is 41.7 Å². The monoisotopic (exact) mass is 293 g/mol.